The number of imidazole rings is 1. The molecule has 0 aliphatic rings. The van der Waals surface area contributed by atoms with Crippen molar-refractivity contribution in [3.8, 4) is 11.5 Å². The summed E-state index contributed by atoms with van der Waals surface area (Å²) in [5, 5.41) is 2.92. The summed E-state index contributed by atoms with van der Waals surface area (Å²) in [6, 6.07) is 20.8. The molecule has 0 fully saturated rings. The van der Waals surface area contributed by atoms with E-state index < -0.39 is 0 Å². The summed E-state index contributed by atoms with van der Waals surface area (Å²) in [6.07, 6.45) is 5.39. The van der Waals surface area contributed by atoms with Crippen LogP contribution in [-0.4, -0.2) is 15.5 Å². The average molecular weight is 401 g/mol. The highest BCUT2D eigenvalue weighted by Crippen LogP contribution is 2.22. The van der Waals surface area contributed by atoms with Crippen LogP contribution in [0.2, 0.25) is 0 Å². The second-order valence-electron chi connectivity index (χ2n) is 6.82. The predicted octanol–water partition coefficient (Wildman–Crippen LogP) is 4.79. The zero-order valence-corrected chi connectivity index (χ0v) is 16.2. The fraction of sp³-hybridized carbons (Fsp3) is 0.0833. The largest absolute Gasteiger partial charge is 0.457 e. The number of carbonyl (C=O) groups excluding carboxylic acids is 1. The van der Waals surface area contributed by atoms with E-state index in [0.29, 0.717) is 30.2 Å². The maximum absolute atomic E-state index is 13.0. The standard InChI is InChI=1S/C24H20FN3O2/c25-21-8-10-22(11-9-21)30-23-3-1-2-19(14-23)15-27-24(29)20-6-4-18(5-7-20)16-28-13-12-26-17-28/h1-14,17H,15-16H2,(H,27,29). The summed E-state index contributed by atoms with van der Waals surface area (Å²) in [5.74, 6) is 0.716. The van der Waals surface area contributed by atoms with Crippen molar-refractivity contribution < 1.29 is 13.9 Å². The normalized spacial score (nSPS) is 10.6. The zero-order valence-electron chi connectivity index (χ0n) is 16.2. The first kappa shape index (κ1) is 19.4. The van der Waals surface area contributed by atoms with Gasteiger partial charge in [0.25, 0.3) is 5.91 Å². The summed E-state index contributed by atoms with van der Waals surface area (Å²) < 4.78 is 20.7. The van der Waals surface area contributed by atoms with Crippen molar-refractivity contribution in [2.24, 2.45) is 0 Å². The summed E-state index contributed by atoms with van der Waals surface area (Å²) in [7, 11) is 0. The lowest BCUT2D eigenvalue weighted by molar-refractivity contribution is 0.0951. The number of hydrogen-bond donors (Lipinski definition) is 1. The zero-order chi connectivity index (χ0) is 20.8. The second kappa shape index (κ2) is 9.05. The molecule has 4 rings (SSSR count). The third-order valence-electron chi connectivity index (χ3n) is 4.54. The lowest BCUT2D eigenvalue weighted by Gasteiger charge is -2.09. The Morgan fingerprint density at radius 3 is 2.50 bits per heavy atom. The number of ether oxygens (including phenoxy) is 1. The number of hydrogen-bond acceptors (Lipinski definition) is 3. The Hall–Kier alpha value is -3.93. The van der Waals surface area contributed by atoms with E-state index in [1.807, 2.05) is 59.3 Å². The highest BCUT2D eigenvalue weighted by atomic mass is 19.1. The molecule has 0 saturated heterocycles. The molecule has 1 N–H and O–H groups in total. The molecule has 30 heavy (non-hydrogen) atoms. The Kier molecular flexibility index (Phi) is 5.85. The SMILES string of the molecule is O=C(NCc1cccc(Oc2ccc(F)cc2)c1)c1ccc(Cn2ccnc2)cc1. The maximum Gasteiger partial charge on any atom is 0.251 e. The molecule has 4 aromatic rings. The average Bonchev–Trinajstić information content (AvgIpc) is 3.28. The lowest BCUT2D eigenvalue weighted by Crippen LogP contribution is -2.22. The fourth-order valence-electron chi connectivity index (χ4n) is 2.99. The number of rotatable bonds is 7. The van der Waals surface area contributed by atoms with Crippen LogP contribution in [0.25, 0.3) is 0 Å². The van der Waals surface area contributed by atoms with E-state index in [1.165, 1.54) is 12.1 Å². The van der Waals surface area contributed by atoms with Gasteiger partial charge in [-0.1, -0.05) is 24.3 Å². The molecule has 0 aliphatic heterocycles. The Labute approximate surface area is 173 Å². The van der Waals surface area contributed by atoms with Gasteiger partial charge in [-0.2, -0.15) is 0 Å². The van der Waals surface area contributed by atoms with Gasteiger partial charge in [-0.15, -0.1) is 0 Å². The Balaban J connectivity index is 1.33. The first-order valence-corrected chi connectivity index (χ1v) is 9.51. The van der Waals surface area contributed by atoms with E-state index in [1.54, 1.807) is 24.7 Å². The monoisotopic (exact) mass is 401 g/mol. The number of carbonyl (C=O) groups is 1. The van der Waals surface area contributed by atoms with Crippen LogP contribution in [-0.2, 0) is 13.1 Å². The molecule has 1 amide bonds. The Morgan fingerprint density at radius 1 is 0.967 bits per heavy atom. The van der Waals surface area contributed by atoms with Crippen LogP contribution in [0.3, 0.4) is 0 Å². The van der Waals surface area contributed by atoms with Crippen molar-refractivity contribution in [3.63, 3.8) is 0 Å². The maximum atomic E-state index is 13.0. The number of nitrogens with one attached hydrogen (secondary N) is 1. The van der Waals surface area contributed by atoms with Gasteiger partial charge in [0.2, 0.25) is 0 Å². The smallest absolute Gasteiger partial charge is 0.251 e. The summed E-state index contributed by atoms with van der Waals surface area (Å²) in [6.45, 7) is 1.08. The van der Waals surface area contributed by atoms with Gasteiger partial charge in [0, 0.05) is 31.0 Å². The molecule has 0 bridgehead atoms. The molecule has 0 unspecified atom stereocenters. The first-order chi connectivity index (χ1) is 14.7. The predicted molar refractivity (Wildman–Crippen MR) is 112 cm³/mol. The molecule has 0 saturated carbocycles. The van der Waals surface area contributed by atoms with Gasteiger partial charge in [-0.25, -0.2) is 9.37 Å². The van der Waals surface area contributed by atoms with Gasteiger partial charge in [0.1, 0.15) is 17.3 Å². The van der Waals surface area contributed by atoms with Crippen LogP contribution >= 0.6 is 0 Å². The number of benzene rings is 3. The first-order valence-electron chi connectivity index (χ1n) is 9.51. The molecular formula is C24H20FN3O2. The van der Waals surface area contributed by atoms with Crippen LogP contribution in [0, 0.1) is 5.82 Å². The van der Waals surface area contributed by atoms with Crippen LogP contribution in [0.5, 0.6) is 11.5 Å². The van der Waals surface area contributed by atoms with Crippen molar-refractivity contribution in [2.75, 3.05) is 0 Å². The van der Waals surface area contributed by atoms with Gasteiger partial charge < -0.3 is 14.6 Å². The molecule has 150 valence electrons. The summed E-state index contributed by atoms with van der Waals surface area (Å²) in [5.41, 5.74) is 2.60. The Morgan fingerprint density at radius 2 is 1.77 bits per heavy atom. The minimum atomic E-state index is -0.312. The topological polar surface area (TPSA) is 56.1 Å². The molecule has 0 aliphatic carbocycles. The molecule has 0 atom stereocenters. The summed E-state index contributed by atoms with van der Waals surface area (Å²) in [4.78, 5) is 16.5. The van der Waals surface area contributed by atoms with Gasteiger partial charge in [0.15, 0.2) is 0 Å². The van der Waals surface area contributed by atoms with Gasteiger partial charge in [-0.05, 0) is 59.7 Å². The molecule has 3 aromatic carbocycles. The van der Waals surface area contributed by atoms with Crippen molar-refractivity contribution in [2.45, 2.75) is 13.1 Å². The number of amides is 1. The molecular weight excluding hydrogens is 381 g/mol. The Bertz CT molecular complexity index is 1110. The van der Waals surface area contributed by atoms with E-state index in [9.17, 15) is 9.18 Å². The highest BCUT2D eigenvalue weighted by molar-refractivity contribution is 5.94. The highest BCUT2D eigenvalue weighted by Gasteiger charge is 2.06. The second-order valence-corrected chi connectivity index (χ2v) is 6.82. The van der Waals surface area contributed by atoms with Crippen molar-refractivity contribution in [3.05, 3.63) is 114 Å². The van der Waals surface area contributed by atoms with E-state index in [-0.39, 0.29) is 11.7 Å². The quantitative estimate of drug-likeness (QED) is 0.484. The third-order valence-corrected chi connectivity index (χ3v) is 4.54. The molecule has 0 spiro atoms. The molecule has 1 heterocycles. The van der Waals surface area contributed by atoms with Crippen LogP contribution in [0.4, 0.5) is 4.39 Å². The van der Waals surface area contributed by atoms with Crippen LogP contribution < -0.4 is 10.1 Å². The molecule has 5 nitrogen and oxygen atoms in total. The van der Waals surface area contributed by atoms with E-state index >= 15 is 0 Å². The van der Waals surface area contributed by atoms with Crippen molar-refractivity contribution in [1.29, 1.82) is 0 Å². The number of aromatic nitrogens is 2. The van der Waals surface area contributed by atoms with E-state index in [2.05, 4.69) is 10.3 Å². The molecule has 6 heteroatoms. The third kappa shape index (κ3) is 5.11. The fourth-order valence-corrected chi connectivity index (χ4v) is 2.99. The van der Waals surface area contributed by atoms with Gasteiger partial charge in [-0.3, -0.25) is 4.79 Å². The van der Waals surface area contributed by atoms with E-state index in [0.717, 1.165) is 11.1 Å². The number of halogens is 1. The minimum absolute atomic E-state index is 0.144. The minimum Gasteiger partial charge on any atom is -0.457 e. The summed E-state index contributed by atoms with van der Waals surface area (Å²) >= 11 is 0. The van der Waals surface area contributed by atoms with E-state index in [4.69, 9.17) is 4.74 Å². The van der Waals surface area contributed by atoms with Crippen molar-refractivity contribution in [1.82, 2.24) is 14.9 Å². The lowest BCUT2D eigenvalue weighted by atomic mass is 10.1. The van der Waals surface area contributed by atoms with Crippen LogP contribution in [0.1, 0.15) is 21.5 Å². The van der Waals surface area contributed by atoms with Crippen molar-refractivity contribution >= 4 is 5.91 Å². The number of nitrogens with zero attached hydrogens (tertiary/aromatic N) is 2. The van der Waals surface area contributed by atoms with Gasteiger partial charge >= 0.3 is 0 Å². The van der Waals surface area contributed by atoms with Gasteiger partial charge in [0.05, 0.1) is 6.33 Å². The molecule has 0 radical (unpaired) electrons. The molecule has 1 aromatic heterocycles. The van der Waals surface area contributed by atoms with Crippen LogP contribution in [0.15, 0.2) is 91.5 Å².